The van der Waals surface area contributed by atoms with Crippen LogP contribution in [0.1, 0.15) is 65.2 Å². The maximum atomic E-state index is 11.2. The first kappa shape index (κ1) is 13.1. The third kappa shape index (κ3) is 3.31. The van der Waals surface area contributed by atoms with E-state index in [4.69, 9.17) is 0 Å². The van der Waals surface area contributed by atoms with Crippen molar-refractivity contribution in [3.8, 4) is 0 Å². The van der Waals surface area contributed by atoms with E-state index in [2.05, 4.69) is 11.8 Å². The van der Waals surface area contributed by atoms with E-state index in [1.54, 1.807) is 6.92 Å². The molecule has 0 amide bonds. The number of likely N-dealkylation sites (tertiary alicyclic amines) is 1. The Balaban J connectivity index is 1.82. The van der Waals surface area contributed by atoms with E-state index in [0.717, 1.165) is 6.42 Å². The number of nitrogens with zero attached hydrogens (tertiary/aromatic N) is 1. The highest BCUT2D eigenvalue weighted by molar-refractivity contribution is 5.76. The van der Waals surface area contributed by atoms with Crippen molar-refractivity contribution in [1.29, 1.82) is 0 Å². The number of piperidine rings is 1. The SMILES string of the molecule is CC(=O)CC(C)N1CCC2(CCCCC2)CC1. The van der Waals surface area contributed by atoms with E-state index in [1.807, 2.05) is 0 Å². The molecule has 2 rings (SSSR count). The van der Waals surface area contributed by atoms with Crippen LogP contribution in [-0.4, -0.2) is 29.8 Å². The molecule has 0 aromatic carbocycles. The fraction of sp³-hybridized carbons (Fsp3) is 0.933. The molecule has 1 unspecified atom stereocenters. The average molecular weight is 237 g/mol. The molecule has 17 heavy (non-hydrogen) atoms. The van der Waals surface area contributed by atoms with Gasteiger partial charge in [0.1, 0.15) is 5.78 Å². The first-order chi connectivity index (χ1) is 8.11. The largest absolute Gasteiger partial charge is 0.300 e. The molecule has 1 atom stereocenters. The Hall–Kier alpha value is -0.370. The predicted molar refractivity (Wildman–Crippen MR) is 71.1 cm³/mol. The smallest absolute Gasteiger partial charge is 0.131 e. The monoisotopic (exact) mass is 237 g/mol. The quantitative estimate of drug-likeness (QED) is 0.750. The molecular weight excluding hydrogens is 210 g/mol. The molecule has 0 radical (unpaired) electrons. The van der Waals surface area contributed by atoms with Gasteiger partial charge in [0.25, 0.3) is 0 Å². The van der Waals surface area contributed by atoms with Crippen LogP contribution in [0.5, 0.6) is 0 Å². The third-order valence-corrected chi connectivity index (χ3v) is 4.98. The highest BCUT2D eigenvalue weighted by atomic mass is 16.1. The van der Waals surface area contributed by atoms with Gasteiger partial charge in [-0.3, -0.25) is 4.79 Å². The van der Waals surface area contributed by atoms with Crippen molar-refractivity contribution >= 4 is 5.78 Å². The Morgan fingerprint density at radius 3 is 2.24 bits per heavy atom. The first-order valence-corrected chi connectivity index (χ1v) is 7.35. The standard InChI is InChI=1S/C15H27NO/c1-13(12-14(2)17)16-10-8-15(9-11-16)6-4-3-5-7-15/h13H,3-12H2,1-2H3. The number of carbonyl (C=O) groups is 1. The molecule has 98 valence electrons. The second kappa shape index (κ2) is 5.51. The third-order valence-electron chi connectivity index (χ3n) is 4.98. The summed E-state index contributed by atoms with van der Waals surface area (Å²) in [6.07, 6.45) is 10.7. The number of hydrogen-bond donors (Lipinski definition) is 0. The maximum Gasteiger partial charge on any atom is 0.131 e. The highest BCUT2D eigenvalue weighted by Crippen LogP contribution is 2.44. The number of carbonyl (C=O) groups excluding carboxylic acids is 1. The van der Waals surface area contributed by atoms with Gasteiger partial charge in [-0.15, -0.1) is 0 Å². The summed E-state index contributed by atoms with van der Waals surface area (Å²) in [4.78, 5) is 13.7. The molecular formula is C15H27NO. The van der Waals surface area contributed by atoms with Crippen molar-refractivity contribution in [1.82, 2.24) is 4.90 Å². The van der Waals surface area contributed by atoms with Crippen molar-refractivity contribution in [2.75, 3.05) is 13.1 Å². The molecule has 1 saturated carbocycles. The van der Waals surface area contributed by atoms with Crippen molar-refractivity contribution in [2.45, 2.75) is 71.3 Å². The second-order valence-electron chi connectivity index (χ2n) is 6.35. The molecule has 2 fully saturated rings. The average Bonchev–Trinajstić information content (AvgIpc) is 2.30. The van der Waals surface area contributed by atoms with Gasteiger partial charge in [-0.1, -0.05) is 19.3 Å². The Morgan fingerprint density at radius 2 is 1.71 bits per heavy atom. The maximum absolute atomic E-state index is 11.2. The number of hydrogen-bond acceptors (Lipinski definition) is 2. The molecule has 2 aliphatic rings. The van der Waals surface area contributed by atoms with Crippen LogP contribution in [0, 0.1) is 5.41 Å². The number of rotatable bonds is 3. The van der Waals surface area contributed by atoms with Gasteiger partial charge in [0.05, 0.1) is 0 Å². The van der Waals surface area contributed by atoms with E-state index in [9.17, 15) is 4.79 Å². The van der Waals surface area contributed by atoms with Crippen LogP contribution in [0.15, 0.2) is 0 Å². The summed E-state index contributed by atoms with van der Waals surface area (Å²) in [6, 6.07) is 0.452. The molecule has 2 heteroatoms. The van der Waals surface area contributed by atoms with Gasteiger partial charge in [-0.25, -0.2) is 0 Å². The van der Waals surface area contributed by atoms with E-state index >= 15 is 0 Å². The first-order valence-electron chi connectivity index (χ1n) is 7.35. The van der Waals surface area contributed by atoms with Gasteiger partial charge >= 0.3 is 0 Å². The molecule has 1 spiro atoms. The van der Waals surface area contributed by atoms with Gasteiger partial charge in [0.2, 0.25) is 0 Å². The van der Waals surface area contributed by atoms with Gasteiger partial charge in [0.15, 0.2) is 0 Å². The number of ketones is 1. The van der Waals surface area contributed by atoms with Crippen molar-refractivity contribution in [3.05, 3.63) is 0 Å². The molecule has 0 aromatic heterocycles. The zero-order valence-corrected chi connectivity index (χ0v) is 11.5. The second-order valence-corrected chi connectivity index (χ2v) is 6.35. The molecule has 1 aliphatic heterocycles. The lowest BCUT2D eigenvalue weighted by molar-refractivity contribution is -0.118. The minimum absolute atomic E-state index is 0.329. The lowest BCUT2D eigenvalue weighted by Gasteiger charge is -2.46. The van der Waals surface area contributed by atoms with E-state index in [1.165, 1.54) is 58.0 Å². The summed E-state index contributed by atoms with van der Waals surface area (Å²) in [5.74, 6) is 0.329. The Labute approximate surface area is 106 Å². The van der Waals surface area contributed by atoms with E-state index < -0.39 is 0 Å². The van der Waals surface area contributed by atoms with Crippen LogP contribution in [0.2, 0.25) is 0 Å². The molecule has 1 aliphatic carbocycles. The van der Waals surface area contributed by atoms with Crippen LogP contribution in [0.3, 0.4) is 0 Å². The van der Waals surface area contributed by atoms with Gasteiger partial charge < -0.3 is 4.90 Å². The fourth-order valence-corrected chi connectivity index (χ4v) is 3.79. The summed E-state index contributed by atoms with van der Waals surface area (Å²) in [5.41, 5.74) is 0.685. The Bertz CT molecular complexity index is 258. The highest BCUT2D eigenvalue weighted by Gasteiger charge is 2.36. The van der Waals surface area contributed by atoms with Gasteiger partial charge in [-0.05, 0) is 58.0 Å². The van der Waals surface area contributed by atoms with Crippen LogP contribution >= 0.6 is 0 Å². The van der Waals surface area contributed by atoms with Crippen LogP contribution in [-0.2, 0) is 4.79 Å². The summed E-state index contributed by atoms with van der Waals surface area (Å²) >= 11 is 0. The lowest BCUT2D eigenvalue weighted by Crippen LogP contribution is -2.45. The zero-order chi connectivity index (χ0) is 12.3. The number of Topliss-reactive ketones (excluding diaryl/α,β-unsaturated/α-hetero) is 1. The van der Waals surface area contributed by atoms with Crippen LogP contribution in [0.25, 0.3) is 0 Å². The summed E-state index contributed by atoms with van der Waals surface area (Å²) in [6.45, 7) is 6.35. The predicted octanol–water partition coefficient (Wildman–Crippen LogP) is 3.40. The van der Waals surface area contributed by atoms with E-state index in [-0.39, 0.29) is 0 Å². The fourth-order valence-electron chi connectivity index (χ4n) is 3.79. The van der Waals surface area contributed by atoms with E-state index in [0.29, 0.717) is 17.2 Å². The Kier molecular flexibility index (Phi) is 4.24. The summed E-state index contributed by atoms with van der Waals surface area (Å²) in [5, 5.41) is 0. The minimum atomic E-state index is 0.329. The van der Waals surface area contributed by atoms with Crippen LogP contribution in [0.4, 0.5) is 0 Å². The molecule has 2 nitrogen and oxygen atoms in total. The zero-order valence-electron chi connectivity index (χ0n) is 11.5. The van der Waals surface area contributed by atoms with Crippen molar-refractivity contribution in [3.63, 3.8) is 0 Å². The van der Waals surface area contributed by atoms with Crippen LogP contribution < -0.4 is 0 Å². The summed E-state index contributed by atoms with van der Waals surface area (Å²) in [7, 11) is 0. The minimum Gasteiger partial charge on any atom is -0.300 e. The molecule has 0 aromatic rings. The van der Waals surface area contributed by atoms with Gasteiger partial charge in [0, 0.05) is 12.5 Å². The molecule has 1 saturated heterocycles. The van der Waals surface area contributed by atoms with Crippen molar-refractivity contribution < 1.29 is 4.79 Å². The molecule has 0 N–H and O–H groups in total. The topological polar surface area (TPSA) is 20.3 Å². The lowest BCUT2D eigenvalue weighted by atomic mass is 9.68. The summed E-state index contributed by atoms with van der Waals surface area (Å²) < 4.78 is 0. The van der Waals surface area contributed by atoms with Gasteiger partial charge in [-0.2, -0.15) is 0 Å². The van der Waals surface area contributed by atoms with Crippen molar-refractivity contribution in [2.24, 2.45) is 5.41 Å². The Morgan fingerprint density at radius 1 is 1.12 bits per heavy atom. The molecule has 0 bridgehead atoms. The molecule has 1 heterocycles. The normalized spacial score (nSPS) is 26.9.